The summed E-state index contributed by atoms with van der Waals surface area (Å²) in [6.07, 6.45) is 0. The van der Waals surface area contributed by atoms with Gasteiger partial charge in [-0.1, -0.05) is 86.1 Å². The molecule has 4 heteroatoms. The predicted molar refractivity (Wildman–Crippen MR) is 187 cm³/mol. The monoisotopic (exact) mass is 580 g/mol. The zero-order valence-electron chi connectivity index (χ0n) is 25.6. The van der Waals surface area contributed by atoms with E-state index in [9.17, 15) is 10.5 Å². The first-order valence-corrected chi connectivity index (χ1v) is 15.2. The van der Waals surface area contributed by atoms with Crippen LogP contribution in [-0.4, -0.2) is 6.54 Å². The summed E-state index contributed by atoms with van der Waals surface area (Å²) in [5.41, 5.74) is 7.58. The third kappa shape index (κ3) is 4.97. The molecule has 0 aliphatic carbocycles. The lowest BCUT2D eigenvalue weighted by Crippen LogP contribution is -2.27. The molecule has 7 aromatic carbocycles. The smallest absolute Gasteiger partial charge is 0.0992 e. The van der Waals surface area contributed by atoms with Crippen molar-refractivity contribution >= 4 is 55.1 Å². The van der Waals surface area contributed by atoms with Crippen molar-refractivity contribution in [1.82, 2.24) is 0 Å². The van der Waals surface area contributed by atoms with Crippen LogP contribution in [0.25, 0.3) is 32.3 Å². The molecule has 0 fully saturated rings. The Bertz CT molecular complexity index is 2280. The van der Waals surface area contributed by atoms with Gasteiger partial charge in [0.2, 0.25) is 0 Å². The highest BCUT2D eigenvalue weighted by molar-refractivity contribution is 6.27. The molecule has 0 aliphatic heterocycles. The molecule has 0 unspecified atom stereocenters. The van der Waals surface area contributed by atoms with Crippen LogP contribution < -0.4 is 10.2 Å². The van der Waals surface area contributed by atoms with Gasteiger partial charge in [-0.05, 0) is 88.6 Å². The Balaban J connectivity index is 1.37. The number of aryl methyl sites for hydroxylation is 1. The molecule has 1 N–H and O–H groups in total. The van der Waals surface area contributed by atoms with E-state index in [2.05, 4.69) is 128 Å². The van der Waals surface area contributed by atoms with Gasteiger partial charge in [0.15, 0.2) is 0 Å². The Labute approximate surface area is 263 Å². The van der Waals surface area contributed by atoms with Gasteiger partial charge in [0.25, 0.3) is 0 Å². The quantitative estimate of drug-likeness (QED) is 0.191. The van der Waals surface area contributed by atoms with Crippen molar-refractivity contribution < 1.29 is 0 Å². The fourth-order valence-corrected chi connectivity index (χ4v) is 6.40. The zero-order chi connectivity index (χ0) is 31.1. The van der Waals surface area contributed by atoms with Gasteiger partial charge in [0.1, 0.15) is 0 Å². The van der Waals surface area contributed by atoms with Gasteiger partial charge in [-0.15, -0.1) is 0 Å². The summed E-state index contributed by atoms with van der Waals surface area (Å²) in [7, 11) is 0. The van der Waals surface area contributed by atoms with Gasteiger partial charge in [0, 0.05) is 39.8 Å². The van der Waals surface area contributed by atoms with Crippen molar-refractivity contribution in [3.8, 4) is 12.1 Å². The molecule has 7 rings (SSSR count). The second kappa shape index (κ2) is 11.0. The molecule has 45 heavy (non-hydrogen) atoms. The summed E-state index contributed by atoms with van der Waals surface area (Å²) in [5.74, 6) is 0. The summed E-state index contributed by atoms with van der Waals surface area (Å²) in [6.45, 7) is 7.23. The Hall–Kier alpha value is -5.84. The Kier molecular flexibility index (Phi) is 6.85. The summed E-state index contributed by atoms with van der Waals surface area (Å²) < 4.78 is 0. The van der Waals surface area contributed by atoms with Crippen LogP contribution in [0, 0.1) is 29.6 Å². The molecular formula is C41H32N4. The summed E-state index contributed by atoms with van der Waals surface area (Å²) >= 11 is 0. The van der Waals surface area contributed by atoms with E-state index >= 15 is 0 Å². The largest absolute Gasteiger partial charge is 0.384 e. The van der Waals surface area contributed by atoms with E-state index in [0.717, 1.165) is 33.7 Å². The molecule has 7 aromatic rings. The summed E-state index contributed by atoms with van der Waals surface area (Å²) in [4.78, 5) is 2.25. The number of hydrogen-bond donors (Lipinski definition) is 1. The van der Waals surface area contributed by atoms with Crippen LogP contribution in [0.2, 0.25) is 0 Å². The van der Waals surface area contributed by atoms with Crippen LogP contribution in [0.5, 0.6) is 0 Å². The normalized spacial score (nSPS) is 11.5. The third-order valence-corrected chi connectivity index (χ3v) is 8.90. The van der Waals surface area contributed by atoms with Gasteiger partial charge in [-0.25, -0.2) is 0 Å². The van der Waals surface area contributed by atoms with Crippen LogP contribution >= 0.6 is 0 Å². The van der Waals surface area contributed by atoms with Crippen molar-refractivity contribution in [2.45, 2.75) is 26.2 Å². The van der Waals surface area contributed by atoms with E-state index in [1.807, 2.05) is 36.4 Å². The number of benzene rings is 7. The molecule has 0 heterocycles. The first-order chi connectivity index (χ1) is 21.9. The molecular weight excluding hydrogens is 548 g/mol. The van der Waals surface area contributed by atoms with Crippen LogP contribution in [0.3, 0.4) is 0 Å². The molecule has 0 spiro atoms. The second-order valence-electron chi connectivity index (χ2n) is 12.4. The number of nitrogens with zero attached hydrogens (tertiary/aromatic N) is 3. The average Bonchev–Trinajstić information content (AvgIpc) is 3.08. The highest BCUT2D eigenvalue weighted by Crippen LogP contribution is 2.45. The van der Waals surface area contributed by atoms with E-state index in [-0.39, 0.29) is 5.41 Å². The van der Waals surface area contributed by atoms with Gasteiger partial charge >= 0.3 is 0 Å². The van der Waals surface area contributed by atoms with Crippen LogP contribution in [0.1, 0.15) is 36.1 Å². The van der Waals surface area contributed by atoms with Gasteiger partial charge < -0.3 is 10.2 Å². The van der Waals surface area contributed by atoms with Crippen molar-refractivity contribution in [3.63, 3.8) is 0 Å². The molecule has 4 nitrogen and oxygen atoms in total. The summed E-state index contributed by atoms with van der Waals surface area (Å²) in [6, 6.07) is 46.5. The molecule has 0 aliphatic rings. The molecule has 0 atom stereocenters. The van der Waals surface area contributed by atoms with E-state index < -0.39 is 0 Å². The molecule has 0 bridgehead atoms. The lowest BCUT2D eigenvalue weighted by molar-refractivity contribution is 0.557. The maximum atomic E-state index is 9.70. The molecule has 0 saturated carbocycles. The standard InChI is InChI=1S/C41H32N4/c1-27-10-16-33(17-11-27)45(34-9-5-7-29(23-34)25-43)38-21-15-31-12-18-35-37(20-14-30-13-19-36(38)40(31)39(30)35)44-26-41(2,3)32-8-4-6-28(22-32)24-42/h4-23,44H,26H2,1-3H3. The minimum absolute atomic E-state index is 0.184. The number of anilines is 4. The number of rotatable bonds is 7. The van der Waals surface area contributed by atoms with E-state index in [1.165, 1.54) is 32.5 Å². The lowest BCUT2D eigenvalue weighted by atomic mass is 9.83. The molecule has 0 saturated heterocycles. The third-order valence-electron chi connectivity index (χ3n) is 8.90. The Morgan fingerprint density at radius 3 is 2.00 bits per heavy atom. The molecule has 0 radical (unpaired) electrons. The zero-order valence-corrected chi connectivity index (χ0v) is 25.6. The van der Waals surface area contributed by atoms with Crippen molar-refractivity contribution in [3.05, 3.63) is 144 Å². The van der Waals surface area contributed by atoms with Crippen LogP contribution in [0.15, 0.2) is 121 Å². The maximum absolute atomic E-state index is 9.70. The fraction of sp³-hybridized carbons (Fsp3) is 0.122. The van der Waals surface area contributed by atoms with Gasteiger partial charge in [0.05, 0.1) is 29.0 Å². The minimum atomic E-state index is -0.184. The van der Waals surface area contributed by atoms with Crippen molar-refractivity contribution in [1.29, 1.82) is 10.5 Å². The highest BCUT2D eigenvalue weighted by Gasteiger charge is 2.23. The van der Waals surface area contributed by atoms with E-state index in [1.54, 1.807) is 0 Å². The highest BCUT2D eigenvalue weighted by atomic mass is 15.1. The van der Waals surface area contributed by atoms with Gasteiger partial charge in [-0.2, -0.15) is 10.5 Å². The first-order valence-electron chi connectivity index (χ1n) is 15.2. The number of hydrogen-bond acceptors (Lipinski definition) is 4. The first kappa shape index (κ1) is 28.0. The van der Waals surface area contributed by atoms with E-state index in [4.69, 9.17) is 0 Å². The van der Waals surface area contributed by atoms with E-state index in [0.29, 0.717) is 17.7 Å². The van der Waals surface area contributed by atoms with Crippen molar-refractivity contribution in [2.75, 3.05) is 16.8 Å². The topological polar surface area (TPSA) is 62.9 Å². The second-order valence-corrected chi connectivity index (χ2v) is 12.4. The minimum Gasteiger partial charge on any atom is -0.384 e. The predicted octanol–water partition coefficient (Wildman–Crippen LogP) is 10.5. The molecule has 216 valence electrons. The van der Waals surface area contributed by atoms with Crippen molar-refractivity contribution in [2.24, 2.45) is 0 Å². The number of nitrogens with one attached hydrogen (secondary N) is 1. The van der Waals surface area contributed by atoms with Crippen LogP contribution in [-0.2, 0) is 5.41 Å². The van der Waals surface area contributed by atoms with Gasteiger partial charge in [-0.3, -0.25) is 0 Å². The SMILES string of the molecule is Cc1ccc(N(c2cccc(C#N)c2)c2ccc3ccc4c(NCC(C)(C)c5cccc(C#N)c5)ccc5ccc2c3c54)cc1. The number of nitriles is 2. The average molecular weight is 581 g/mol. The lowest BCUT2D eigenvalue weighted by Gasteiger charge is -2.28. The molecule has 0 aromatic heterocycles. The maximum Gasteiger partial charge on any atom is 0.0992 e. The fourth-order valence-electron chi connectivity index (χ4n) is 6.40. The summed E-state index contributed by atoms with van der Waals surface area (Å²) in [5, 5.41) is 30.1. The van der Waals surface area contributed by atoms with Crippen LogP contribution in [0.4, 0.5) is 22.7 Å². The molecule has 0 amide bonds. The Morgan fingerprint density at radius 2 is 1.27 bits per heavy atom. The Morgan fingerprint density at radius 1 is 0.644 bits per heavy atom.